The number of fused-ring (bicyclic) bond motifs is 1. The smallest absolute Gasteiger partial charge is 0.311 e. The largest absolute Gasteiger partial charge is 0.342 e. The summed E-state index contributed by atoms with van der Waals surface area (Å²) in [5.74, 6) is -0.657. The normalized spacial score (nSPS) is 11.2. The molecule has 0 bridgehead atoms. The second kappa shape index (κ2) is 8.60. The Bertz CT molecular complexity index is 832. The summed E-state index contributed by atoms with van der Waals surface area (Å²) in [6, 6.07) is 7.02. The first kappa shape index (κ1) is 19.6. The van der Waals surface area contributed by atoms with Crippen molar-refractivity contribution in [2.24, 2.45) is 11.8 Å². The lowest BCUT2D eigenvalue weighted by Gasteiger charge is -2.25. The van der Waals surface area contributed by atoms with Gasteiger partial charge in [-0.15, -0.1) is 0 Å². The highest BCUT2D eigenvalue weighted by molar-refractivity contribution is 6.35. The maximum Gasteiger partial charge on any atom is 0.311 e. The van der Waals surface area contributed by atoms with Crippen LogP contribution in [0.5, 0.6) is 0 Å². The number of amides is 2. The highest BCUT2D eigenvalue weighted by Crippen LogP contribution is 2.12. The third kappa shape index (κ3) is 4.91. The number of aromatic nitrogens is 2. The van der Waals surface area contributed by atoms with Gasteiger partial charge in [0.25, 0.3) is 5.56 Å². The van der Waals surface area contributed by atoms with Gasteiger partial charge in [-0.25, -0.2) is 5.10 Å². The Morgan fingerprint density at radius 2 is 1.65 bits per heavy atom. The minimum Gasteiger partial charge on any atom is -0.342 e. The Kier molecular flexibility index (Phi) is 6.49. The van der Waals surface area contributed by atoms with Crippen molar-refractivity contribution in [2.45, 2.75) is 34.2 Å². The van der Waals surface area contributed by atoms with E-state index in [0.29, 0.717) is 29.6 Å². The topological polar surface area (TPSA) is 95.2 Å². The van der Waals surface area contributed by atoms with Crippen molar-refractivity contribution >= 4 is 22.6 Å². The maximum absolute atomic E-state index is 12.5. The third-order valence-corrected chi connectivity index (χ3v) is 3.84. The van der Waals surface area contributed by atoms with Crippen LogP contribution in [0.3, 0.4) is 0 Å². The number of nitrogens with one attached hydrogen (secondary N) is 2. The van der Waals surface area contributed by atoms with Crippen LogP contribution in [0.1, 0.15) is 33.4 Å². The number of carbonyl (C=O) groups excluding carboxylic acids is 2. The van der Waals surface area contributed by atoms with E-state index in [4.69, 9.17) is 0 Å². The molecule has 0 aliphatic heterocycles. The molecule has 0 saturated carbocycles. The van der Waals surface area contributed by atoms with E-state index in [-0.39, 0.29) is 23.9 Å². The van der Waals surface area contributed by atoms with E-state index in [9.17, 15) is 14.4 Å². The second-order valence-electron chi connectivity index (χ2n) is 7.23. The summed E-state index contributed by atoms with van der Waals surface area (Å²) < 4.78 is 0. The van der Waals surface area contributed by atoms with Gasteiger partial charge in [0.15, 0.2) is 0 Å². The third-order valence-electron chi connectivity index (χ3n) is 3.84. The summed E-state index contributed by atoms with van der Waals surface area (Å²) in [7, 11) is 0. The van der Waals surface area contributed by atoms with E-state index in [0.717, 1.165) is 0 Å². The number of hydrogen-bond donors (Lipinski definition) is 2. The van der Waals surface area contributed by atoms with Gasteiger partial charge in [0.1, 0.15) is 0 Å². The van der Waals surface area contributed by atoms with Crippen molar-refractivity contribution in [3.63, 3.8) is 0 Å². The van der Waals surface area contributed by atoms with E-state index in [2.05, 4.69) is 15.5 Å². The van der Waals surface area contributed by atoms with E-state index in [1.54, 1.807) is 29.2 Å². The Balaban J connectivity index is 2.11. The number of aromatic amines is 1. The predicted octanol–water partition coefficient (Wildman–Crippen LogP) is 1.68. The summed E-state index contributed by atoms with van der Waals surface area (Å²) in [6.45, 7) is 9.17. The molecule has 1 heterocycles. The average Bonchev–Trinajstić information content (AvgIpc) is 2.59. The van der Waals surface area contributed by atoms with E-state index in [1.165, 1.54) is 0 Å². The van der Waals surface area contributed by atoms with Crippen LogP contribution in [0.25, 0.3) is 10.8 Å². The zero-order valence-electron chi connectivity index (χ0n) is 15.7. The SMILES string of the molecule is CC(C)CN(CC(C)C)C(=O)C(=O)NCc1n[nH]c(=O)c2ccccc12. The summed E-state index contributed by atoms with van der Waals surface area (Å²) in [5, 5.41) is 10.2. The van der Waals surface area contributed by atoms with Gasteiger partial charge >= 0.3 is 11.8 Å². The molecule has 7 nitrogen and oxygen atoms in total. The van der Waals surface area contributed by atoms with Gasteiger partial charge in [-0.1, -0.05) is 45.9 Å². The molecule has 0 spiro atoms. The van der Waals surface area contributed by atoms with Crippen molar-refractivity contribution < 1.29 is 9.59 Å². The fourth-order valence-corrected chi connectivity index (χ4v) is 2.81. The maximum atomic E-state index is 12.5. The van der Waals surface area contributed by atoms with Crippen molar-refractivity contribution in [2.75, 3.05) is 13.1 Å². The fraction of sp³-hybridized carbons (Fsp3) is 0.474. The Labute approximate surface area is 152 Å². The second-order valence-corrected chi connectivity index (χ2v) is 7.23. The molecule has 0 unspecified atom stereocenters. The molecule has 0 radical (unpaired) electrons. The molecule has 140 valence electrons. The van der Waals surface area contributed by atoms with Gasteiger partial charge < -0.3 is 10.2 Å². The lowest BCUT2D eigenvalue weighted by molar-refractivity contribution is -0.146. The average molecular weight is 358 g/mol. The first-order chi connectivity index (χ1) is 12.3. The van der Waals surface area contributed by atoms with Crippen LogP contribution in [0.2, 0.25) is 0 Å². The minimum absolute atomic E-state index is 0.0685. The van der Waals surface area contributed by atoms with Gasteiger partial charge in [0.05, 0.1) is 17.6 Å². The van der Waals surface area contributed by atoms with Crippen LogP contribution in [0.15, 0.2) is 29.1 Å². The van der Waals surface area contributed by atoms with Crippen LogP contribution in [0, 0.1) is 11.8 Å². The van der Waals surface area contributed by atoms with Crippen molar-refractivity contribution in [3.05, 3.63) is 40.3 Å². The van der Waals surface area contributed by atoms with Crippen LogP contribution in [0.4, 0.5) is 0 Å². The minimum atomic E-state index is -0.664. The number of hydrogen-bond acceptors (Lipinski definition) is 4. The van der Waals surface area contributed by atoms with Crippen molar-refractivity contribution in [1.82, 2.24) is 20.4 Å². The molecule has 2 N–H and O–H groups in total. The highest BCUT2D eigenvalue weighted by Gasteiger charge is 2.23. The number of nitrogens with zero attached hydrogens (tertiary/aromatic N) is 2. The highest BCUT2D eigenvalue weighted by atomic mass is 16.2. The van der Waals surface area contributed by atoms with Gasteiger partial charge in [-0.2, -0.15) is 5.10 Å². The number of H-pyrrole nitrogens is 1. The predicted molar refractivity (Wildman–Crippen MR) is 100 cm³/mol. The van der Waals surface area contributed by atoms with Crippen LogP contribution in [-0.2, 0) is 16.1 Å². The molecule has 0 saturated heterocycles. The first-order valence-corrected chi connectivity index (χ1v) is 8.83. The monoisotopic (exact) mass is 358 g/mol. The number of carbonyl (C=O) groups is 2. The van der Waals surface area contributed by atoms with Gasteiger partial charge in [-0.3, -0.25) is 14.4 Å². The van der Waals surface area contributed by atoms with E-state index >= 15 is 0 Å². The molecular formula is C19H26N4O3. The Morgan fingerprint density at radius 1 is 1.08 bits per heavy atom. The van der Waals surface area contributed by atoms with Gasteiger partial charge in [-0.05, 0) is 17.9 Å². The van der Waals surface area contributed by atoms with E-state index in [1.807, 2.05) is 27.7 Å². The van der Waals surface area contributed by atoms with Crippen molar-refractivity contribution in [1.29, 1.82) is 0 Å². The summed E-state index contributed by atoms with van der Waals surface area (Å²) in [4.78, 5) is 38.2. The molecule has 2 rings (SSSR count). The van der Waals surface area contributed by atoms with Crippen LogP contribution in [-0.4, -0.2) is 40.0 Å². The lowest BCUT2D eigenvalue weighted by Crippen LogP contribution is -2.45. The Hall–Kier alpha value is -2.70. The van der Waals surface area contributed by atoms with Gasteiger partial charge in [0, 0.05) is 18.5 Å². The molecule has 7 heteroatoms. The summed E-state index contributed by atoms with van der Waals surface area (Å²) in [6.07, 6.45) is 0. The Morgan fingerprint density at radius 3 is 2.23 bits per heavy atom. The molecule has 0 atom stereocenters. The fourth-order valence-electron chi connectivity index (χ4n) is 2.81. The van der Waals surface area contributed by atoms with Gasteiger partial charge in [0.2, 0.25) is 0 Å². The summed E-state index contributed by atoms with van der Waals surface area (Å²) in [5.41, 5.74) is 0.229. The number of benzene rings is 1. The molecule has 0 aliphatic carbocycles. The summed E-state index contributed by atoms with van der Waals surface area (Å²) >= 11 is 0. The van der Waals surface area contributed by atoms with Crippen molar-refractivity contribution in [3.8, 4) is 0 Å². The molecule has 1 aromatic carbocycles. The first-order valence-electron chi connectivity index (χ1n) is 8.83. The van der Waals surface area contributed by atoms with Crippen LogP contribution >= 0.6 is 0 Å². The lowest BCUT2D eigenvalue weighted by atomic mass is 10.1. The quantitative estimate of drug-likeness (QED) is 0.768. The molecule has 2 aromatic rings. The molecule has 2 amide bonds. The van der Waals surface area contributed by atoms with E-state index < -0.39 is 11.8 Å². The molecule has 0 fully saturated rings. The molecule has 26 heavy (non-hydrogen) atoms. The standard InChI is InChI=1S/C19H26N4O3/c1-12(2)10-23(11-13(3)4)19(26)18(25)20-9-16-14-7-5-6-8-15(14)17(24)22-21-16/h5-8,12-13H,9-11H2,1-4H3,(H,20,25)(H,22,24). The molecule has 1 aromatic heterocycles. The zero-order chi connectivity index (χ0) is 19.3. The molecule has 0 aliphatic rings. The zero-order valence-corrected chi connectivity index (χ0v) is 15.7. The van der Waals surface area contributed by atoms with Crippen LogP contribution < -0.4 is 10.9 Å². The number of rotatable bonds is 6. The molecular weight excluding hydrogens is 332 g/mol.